The summed E-state index contributed by atoms with van der Waals surface area (Å²) in [6.45, 7) is 0. The van der Waals surface area contributed by atoms with Crippen LogP contribution in [0.1, 0.15) is 12.8 Å². The molecule has 0 unspecified atom stereocenters. The maximum absolute atomic E-state index is 9.60. The van der Waals surface area contributed by atoms with E-state index in [4.69, 9.17) is 5.73 Å². The second kappa shape index (κ2) is 5.21. The lowest BCUT2D eigenvalue weighted by atomic mass is 10.3. The van der Waals surface area contributed by atoms with Gasteiger partial charge in [-0.2, -0.15) is 0 Å². The van der Waals surface area contributed by atoms with Gasteiger partial charge in [0.1, 0.15) is 6.29 Å². The van der Waals surface area contributed by atoms with Gasteiger partial charge < -0.3 is 10.5 Å². The van der Waals surface area contributed by atoms with Gasteiger partial charge in [-0.1, -0.05) is 6.08 Å². The Morgan fingerprint density at radius 2 is 2.14 bits per heavy atom. The number of aldehydes is 1. The van der Waals surface area contributed by atoms with Crippen LogP contribution in [-0.4, -0.2) is 6.29 Å². The molecule has 0 aliphatic heterocycles. The van der Waals surface area contributed by atoms with Crippen LogP contribution in [0.2, 0.25) is 0 Å². The largest absolute Gasteiger partial charge is 0.405 e. The Hall–Kier alpha value is -0.790. The summed E-state index contributed by atoms with van der Waals surface area (Å²) in [6, 6.07) is 0. The topological polar surface area (TPSA) is 43.1 Å². The third-order valence-corrected chi connectivity index (χ3v) is 0.587. The summed E-state index contributed by atoms with van der Waals surface area (Å²) in [7, 11) is 0. The third kappa shape index (κ3) is 5.21. The van der Waals surface area contributed by atoms with Crippen LogP contribution in [0.3, 0.4) is 0 Å². The molecular weight excluding hydrogens is 90.1 g/mol. The van der Waals surface area contributed by atoms with E-state index in [0.717, 1.165) is 12.7 Å². The Labute approximate surface area is 43.0 Å². The van der Waals surface area contributed by atoms with E-state index in [9.17, 15) is 4.79 Å². The average molecular weight is 99.1 g/mol. The van der Waals surface area contributed by atoms with Crippen molar-refractivity contribution in [2.75, 3.05) is 0 Å². The Kier molecular flexibility index (Phi) is 4.62. The van der Waals surface area contributed by atoms with E-state index < -0.39 is 0 Å². The molecule has 7 heavy (non-hydrogen) atoms. The minimum Gasteiger partial charge on any atom is -0.405 e. The molecule has 0 bridgehead atoms. The van der Waals surface area contributed by atoms with Crippen molar-refractivity contribution >= 4 is 6.29 Å². The summed E-state index contributed by atoms with van der Waals surface area (Å²) in [5.74, 6) is 0. The summed E-state index contributed by atoms with van der Waals surface area (Å²) in [5.41, 5.74) is 4.97. The van der Waals surface area contributed by atoms with E-state index in [1.165, 1.54) is 6.20 Å². The molecular formula is C5H9NO. The molecule has 2 heteroatoms. The Morgan fingerprint density at radius 1 is 1.43 bits per heavy atom. The molecule has 0 radical (unpaired) electrons. The first-order valence-electron chi connectivity index (χ1n) is 2.22. The van der Waals surface area contributed by atoms with Gasteiger partial charge in [0, 0.05) is 6.42 Å². The van der Waals surface area contributed by atoms with Crippen LogP contribution in [0.4, 0.5) is 0 Å². The quantitative estimate of drug-likeness (QED) is 0.412. The normalized spacial score (nSPS) is 9.71. The lowest BCUT2D eigenvalue weighted by molar-refractivity contribution is -0.107. The van der Waals surface area contributed by atoms with Gasteiger partial charge in [-0.15, -0.1) is 0 Å². The van der Waals surface area contributed by atoms with E-state index >= 15 is 0 Å². The Bertz CT molecular complexity index is 68.5. The van der Waals surface area contributed by atoms with Crippen molar-refractivity contribution in [1.82, 2.24) is 0 Å². The highest BCUT2D eigenvalue weighted by molar-refractivity contribution is 5.49. The molecule has 0 atom stereocenters. The Morgan fingerprint density at radius 3 is 2.57 bits per heavy atom. The lowest BCUT2D eigenvalue weighted by Gasteiger charge is -1.76. The summed E-state index contributed by atoms with van der Waals surface area (Å²) in [6.07, 6.45) is 5.42. The van der Waals surface area contributed by atoms with Crippen molar-refractivity contribution in [3.63, 3.8) is 0 Å². The molecule has 0 fully saturated rings. The van der Waals surface area contributed by atoms with Gasteiger partial charge in [0.25, 0.3) is 0 Å². The van der Waals surface area contributed by atoms with Crippen LogP contribution in [0.5, 0.6) is 0 Å². The van der Waals surface area contributed by atoms with E-state index in [1.54, 1.807) is 6.08 Å². The molecule has 0 aliphatic carbocycles. The van der Waals surface area contributed by atoms with Crippen LogP contribution in [0.15, 0.2) is 12.3 Å². The minimum absolute atomic E-state index is 0.577. The number of hydrogen-bond donors (Lipinski definition) is 1. The van der Waals surface area contributed by atoms with Crippen LogP contribution in [0.25, 0.3) is 0 Å². The predicted octanol–water partition coefficient (Wildman–Crippen LogP) is 0.438. The highest BCUT2D eigenvalue weighted by atomic mass is 16.1. The van der Waals surface area contributed by atoms with Crippen LogP contribution >= 0.6 is 0 Å². The molecule has 0 aromatic heterocycles. The van der Waals surface area contributed by atoms with E-state index in [0.29, 0.717) is 6.42 Å². The average Bonchev–Trinajstić information content (AvgIpc) is 1.69. The molecule has 2 nitrogen and oxygen atoms in total. The molecule has 0 heterocycles. The number of allylic oxidation sites excluding steroid dienone is 1. The lowest BCUT2D eigenvalue weighted by Crippen LogP contribution is -1.76. The molecule has 0 aromatic carbocycles. The fourth-order valence-electron chi connectivity index (χ4n) is 0.260. The van der Waals surface area contributed by atoms with Crippen molar-refractivity contribution in [1.29, 1.82) is 0 Å². The van der Waals surface area contributed by atoms with Crippen molar-refractivity contribution in [3.8, 4) is 0 Å². The van der Waals surface area contributed by atoms with Gasteiger partial charge in [0.15, 0.2) is 0 Å². The van der Waals surface area contributed by atoms with Gasteiger partial charge in [-0.25, -0.2) is 0 Å². The maximum Gasteiger partial charge on any atom is 0.120 e. The zero-order valence-corrected chi connectivity index (χ0v) is 4.13. The van der Waals surface area contributed by atoms with Gasteiger partial charge in [-0.05, 0) is 12.6 Å². The summed E-state index contributed by atoms with van der Waals surface area (Å²) in [5, 5.41) is 0. The molecule has 2 N–H and O–H groups in total. The predicted molar refractivity (Wildman–Crippen MR) is 28.6 cm³/mol. The molecule has 40 valence electrons. The number of carbonyl (C=O) groups is 1. The zero-order valence-electron chi connectivity index (χ0n) is 4.13. The van der Waals surface area contributed by atoms with Crippen molar-refractivity contribution in [2.45, 2.75) is 12.8 Å². The SMILES string of the molecule is NC=CCCC=O. The summed E-state index contributed by atoms with van der Waals surface area (Å²) < 4.78 is 0. The monoisotopic (exact) mass is 99.1 g/mol. The maximum atomic E-state index is 9.60. The number of carbonyl (C=O) groups excluding carboxylic acids is 1. The number of rotatable bonds is 3. The highest BCUT2D eigenvalue weighted by Crippen LogP contribution is 1.82. The molecule has 0 rings (SSSR count). The van der Waals surface area contributed by atoms with Gasteiger partial charge in [-0.3, -0.25) is 0 Å². The summed E-state index contributed by atoms with van der Waals surface area (Å²) >= 11 is 0. The minimum atomic E-state index is 0.577. The molecule has 0 aromatic rings. The second-order valence-electron chi connectivity index (χ2n) is 1.17. The first kappa shape index (κ1) is 6.21. The van der Waals surface area contributed by atoms with Gasteiger partial charge >= 0.3 is 0 Å². The highest BCUT2D eigenvalue weighted by Gasteiger charge is 1.72. The van der Waals surface area contributed by atoms with Crippen molar-refractivity contribution in [3.05, 3.63) is 12.3 Å². The smallest absolute Gasteiger partial charge is 0.120 e. The number of hydrogen-bond acceptors (Lipinski definition) is 2. The first-order chi connectivity index (χ1) is 3.41. The zero-order chi connectivity index (χ0) is 5.54. The Balaban J connectivity index is 2.82. The molecule has 0 saturated carbocycles. The fourth-order valence-corrected chi connectivity index (χ4v) is 0.260. The first-order valence-corrected chi connectivity index (χ1v) is 2.22. The van der Waals surface area contributed by atoms with Crippen LogP contribution in [-0.2, 0) is 4.79 Å². The van der Waals surface area contributed by atoms with E-state index in [2.05, 4.69) is 0 Å². The molecule has 0 aliphatic rings. The van der Waals surface area contributed by atoms with Crippen LogP contribution < -0.4 is 5.73 Å². The second-order valence-corrected chi connectivity index (χ2v) is 1.17. The molecule has 0 amide bonds. The van der Waals surface area contributed by atoms with Crippen molar-refractivity contribution < 1.29 is 4.79 Å². The van der Waals surface area contributed by atoms with Gasteiger partial charge in [0.05, 0.1) is 0 Å². The van der Waals surface area contributed by atoms with E-state index in [-0.39, 0.29) is 0 Å². The van der Waals surface area contributed by atoms with E-state index in [1.807, 2.05) is 0 Å². The standard InChI is InChI=1S/C5H9NO/c6-4-2-1-3-5-7/h2,4-5H,1,3,6H2. The number of nitrogens with two attached hydrogens (primary N) is 1. The van der Waals surface area contributed by atoms with Crippen LogP contribution in [0, 0.1) is 0 Å². The van der Waals surface area contributed by atoms with Gasteiger partial charge in [0.2, 0.25) is 0 Å². The summed E-state index contributed by atoms with van der Waals surface area (Å²) in [4.78, 5) is 9.60. The number of unbranched alkanes of at least 4 members (excludes halogenated alkanes) is 1. The molecule has 0 saturated heterocycles. The fraction of sp³-hybridized carbons (Fsp3) is 0.400. The van der Waals surface area contributed by atoms with Crippen molar-refractivity contribution in [2.24, 2.45) is 5.73 Å². The third-order valence-electron chi connectivity index (χ3n) is 0.587. The molecule has 0 spiro atoms.